The first-order valence-electron chi connectivity index (χ1n) is 7.77. The van der Waals surface area contributed by atoms with Crippen molar-refractivity contribution in [3.63, 3.8) is 0 Å². The molecule has 5 rings (SSSR count). The number of nitrogens with one attached hydrogen (secondary N) is 1. The molecule has 1 aliphatic heterocycles. The number of benzene rings is 3. The van der Waals surface area contributed by atoms with E-state index >= 15 is 0 Å². The molecule has 3 aromatic carbocycles. The number of carbonyl (C=O) groups is 1. The van der Waals surface area contributed by atoms with Gasteiger partial charge in [0.25, 0.3) is 5.91 Å². The lowest BCUT2D eigenvalue weighted by molar-refractivity contribution is 0.102. The molecule has 1 amide bonds. The summed E-state index contributed by atoms with van der Waals surface area (Å²) in [5.41, 5.74) is 1.39. The van der Waals surface area contributed by atoms with Crippen molar-refractivity contribution in [2.45, 2.75) is 0 Å². The van der Waals surface area contributed by atoms with Crippen molar-refractivity contribution in [2.24, 2.45) is 0 Å². The maximum atomic E-state index is 12.5. The Bertz CT molecular complexity index is 1140. The molecule has 0 saturated heterocycles. The highest BCUT2D eigenvalue weighted by Gasteiger charge is 2.17. The number of ether oxygens (including phenoxy) is 2. The highest BCUT2D eigenvalue weighted by molar-refractivity contribution is 7.23. The van der Waals surface area contributed by atoms with Crippen molar-refractivity contribution >= 4 is 43.4 Å². The fourth-order valence-electron chi connectivity index (χ4n) is 2.92. The third-order valence-corrected chi connectivity index (χ3v) is 5.15. The van der Waals surface area contributed by atoms with E-state index in [1.54, 1.807) is 18.2 Å². The van der Waals surface area contributed by atoms with Gasteiger partial charge in [0.1, 0.15) is 0 Å². The number of nitrogens with zero attached hydrogens (tertiary/aromatic N) is 1. The third-order valence-electron chi connectivity index (χ3n) is 4.13. The first-order valence-corrected chi connectivity index (χ1v) is 8.59. The second kappa shape index (κ2) is 5.46. The van der Waals surface area contributed by atoms with Gasteiger partial charge in [-0.2, -0.15) is 0 Å². The molecule has 0 radical (unpaired) electrons. The van der Waals surface area contributed by atoms with Gasteiger partial charge in [-0.15, -0.1) is 0 Å². The molecule has 0 fully saturated rings. The molecule has 0 spiro atoms. The molecule has 4 aromatic rings. The zero-order chi connectivity index (χ0) is 16.8. The first kappa shape index (κ1) is 14.2. The van der Waals surface area contributed by atoms with Gasteiger partial charge < -0.3 is 9.47 Å². The Morgan fingerprint density at radius 1 is 1.04 bits per heavy atom. The Kier molecular flexibility index (Phi) is 3.11. The van der Waals surface area contributed by atoms with Crippen LogP contribution in [0.2, 0.25) is 0 Å². The number of carbonyl (C=O) groups excluding carboxylic acids is 1. The zero-order valence-corrected chi connectivity index (χ0v) is 13.8. The van der Waals surface area contributed by atoms with Gasteiger partial charge >= 0.3 is 0 Å². The van der Waals surface area contributed by atoms with Crippen LogP contribution in [0, 0.1) is 0 Å². The molecule has 0 saturated carbocycles. The van der Waals surface area contributed by atoms with Crippen LogP contribution in [0.3, 0.4) is 0 Å². The van der Waals surface area contributed by atoms with Crippen LogP contribution in [0.15, 0.2) is 54.6 Å². The van der Waals surface area contributed by atoms with Gasteiger partial charge in [0.2, 0.25) is 6.79 Å². The van der Waals surface area contributed by atoms with E-state index in [2.05, 4.69) is 22.4 Å². The van der Waals surface area contributed by atoms with Crippen LogP contribution < -0.4 is 14.8 Å². The van der Waals surface area contributed by atoms with Gasteiger partial charge in [-0.25, -0.2) is 4.98 Å². The third kappa shape index (κ3) is 2.38. The van der Waals surface area contributed by atoms with Crippen molar-refractivity contribution in [1.82, 2.24) is 4.98 Å². The highest BCUT2D eigenvalue weighted by Crippen LogP contribution is 2.34. The quantitative estimate of drug-likeness (QED) is 0.582. The Balaban J connectivity index is 1.49. The second-order valence-electron chi connectivity index (χ2n) is 5.68. The summed E-state index contributed by atoms with van der Waals surface area (Å²) in [4.78, 5) is 17.0. The molecule has 1 aliphatic rings. The lowest BCUT2D eigenvalue weighted by atomic mass is 10.1. The van der Waals surface area contributed by atoms with Gasteiger partial charge in [-0.1, -0.05) is 41.7 Å². The molecule has 122 valence electrons. The van der Waals surface area contributed by atoms with E-state index in [0.29, 0.717) is 22.2 Å². The van der Waals surface area contributed by atoms with Crippen LogP contribution in [-0.2, 0) is 0 Å². The van der Waals surface area contributed by atoms with Crippen molar-refractivity contribution in [3.8, 4) is 11.5 Å². The summed E-state index contributed by atoms with van der Waals surface area (Å²) < 4.78 is 11.7. The van der Waals surface area contributed by atoms with E-state index in [0.717, 1.165) is 21.0 Å². The fourth-order valence-corrected chi connectivity index (χ4v) is 3.91. The minimum absolute atomic E-state index is 0.186. The smallest absolute Gasteiger partial charge is 0.257 e. The molecule has 2 heterocycles. The van der Waals surface area contributed by atoms with E-state index in [9.17, 15) is 4.79 Å². The molecular weight excluding hydrogens is 336 g/mol. The predicted octanol–water partition coefficient (Wildman–Crippen LogP) is 4.43. The predicted molar refractivity (Wildman–Crippen MR) is 97.6 cm³/mol. The monoisotopic (exact) mass is 348 g/mol. The van der Waals surface area contributed by atoms with E-state index in [1.165, 1.54) is 11.3 Å². The maximum Gasteiger partial charge on any atom is 0.257 e. The maximum absolute atomic E-state index is 12.5. The van der Waals surface area contributed by atoms with Crippen molar-refractivity contribution in [1.29, 1.82) is 0 Å². The molecular formula is C19H12N2O3S. The molecule has 6 heteroatoms. The van der Waals surface area contributed by atoms with E-state index < -0.39 is 0 Å². The molecule has 1 aromatic heterocycles. The van der Waals surface area contributed by atoms with Gasteiger partial charge in [0.05, 0.1) is 10.2 Å². The second-order valence-corrected chi connectivity index (χ2v) is 6.68. The molecule has 0 unspecified atom stereocenters. The van der Waals surface area contributed by atoms with Gasteiger partial charge in [0.15, 0.2) is 16.6 Å². The minimum atomic E-state index is -0.221. The fraction of sp³-hybridized carbons (Fsp3) is 0.0526. The van der Waals surface area contributed by atoms with Gasteiger partial charge in [-0.3, -0.25) is 10.1 Å². The number of anilines is 1. The Morgan fingerprint density at radius 3 is 2.88 bits per heavy atom. The van der Waals surface area contributed by atoms with Crippen LogP contribution in [0.4, 0.5) is 5.13 Å². The number of fused-ring (bicyclic) bond motifs is 4. The molecule has 0 aliphatic carbocycles. The summed E-state index contributed by atoms with van der Waals surface area (Å²) in [7, 11) is 0. The Hall–Kier alpha value is -3.12. The van der Waals surface area contributed by atoms with Crippen LogP contribution in [-0.4, -0.2) is 17.7 Å². The number of hydrogen-bond donors (Lipinski definition) is 1. The largest absolute Gasteiger partial charge is 0.454 e. The summed E-state index contributed by atoms with van der Waals surface area (Å²) in [6.07, 6.45) is 0. The highest BCUT2D eigenvalue weighted by atomic mass is 32.1. The van der Waals surface area contributed by atoms with Crippen molar-refractivity contribution in [2.75, 3.05) is 12.1 Å². The van der Waals surface area contributed by atoms with Gasteiger partial charge in [0, 0.05) is 10.9 Å². The normalized spacial score (nSPS) is 12.6. The molecule has 25 heavy (non-hydrogen) atoms. The van der Waals surface area contributed by atoms with Crippen LogP contribution >= 0.6 is 11.3 Å². The summed E-state index contributed by atoms with van der Waals surface area (Å²) in [6.45, 7) is 0.186. The summed E-state index contributed by atoms with van der Waals surface area (Å²) in [5, 5.41) is 5.75. The lowest BCUT2D eigenvalue weighted by Gasteiger charge is -2.02. The molecule has 0 bridgehead atoms. The molecule has 0 atom stereocenters. The summed E-state index contributed by atoms with van der Waals surface area (Å²) in [5.74, 6) is 1.02. The van der Waals surface area contributed by atoms with Crippen LogP contribution in [0.5, 0.6) is 11.5 Å². The van der Waals surface area contributed by atoms with E-state index in [4.69, 9.17) is 9.47 Å². The average Bonchev–Trinajstić information content (AvgIpc) is 3.27. The SMILES string of the molecule is O=C(Nc1nc2ccc3ccccc3c2s1)c1ccc2c(c1)OCO2. The zero-order valence-electron chi connectivity index (χ0n) is 13.0. The topological polar surface area (TPSA) is 60.5 Å². The number of hydrogen-bond acceptors (Lipinski definition) is 5. The average molecular weight is 348 g/mol. The lowest BCUT2D eigenvalue weighted by Crippen LogP contribution is -2.11. The number of thiazole rings is 1. The molecule has 5 nitrogen and oxygen atoms in total. The van der Waals surface area contributed by atoms with Crippen LogP contribution in [0.25, 0.3) is 21.0 Å². The Morgan fingerprint density at radius 2 is 1.92 bits per heavy atom. The number of rotatable bonds is 2. The number of aromatic nitrogens is 1. The first-order chi connectivity index (χ1) is 12.3. The summed E-state index contributed by atoms with van der Waals surface area (Å²) >= 11 is 1.48. The van der Waals surface area contributed by atoms with E-state index in [1.807, 2.05) is 24.3 Å². The summed E-state index contributed by atoms with van der Waals surface area (Å²) in [6, 6.07) is 17.3. The number of amides is 1. The molecule has 1 N–H and O–H groups in total. The minimum Gasteiger partial charge on any atom is -0.454 e. The van der Waals surface area contributed by atoms with Crippen LogP contribution in [0.1, 0.15) is 10.4 Å². The van der Waals surface area contributed by atoms with E-state index in [-0.39, 0.29) is 12.7 Å². The van der Waals surface area contributed by atoms with Crippen molar-refractivity contribution < 1.29 is 14.3 Å². The Labute approximate surface area is 146 Å². The van der Waals surface area contributed by atoms with Gasteiger partial charge in [-0.05, 0) is 29.7 Å². The van der Waals surface area contributed by atoms with Crippen molar-refractivity contribution in [3.05, 3.63) is 60.2 Å². The standard InChI is InChI=1S/C19H12N2O3S/c22-18(12-6-8-15-16(9-12)24-10-23-15)21-19-20-14-7-5-11-3-1-2-4-13(11)17(14)25-19/h1-9H,10H2,(H,20,21,22).